The van der Waals surface area contributed by atoms with E-state index in [0.29, 0.717) is 0 Å². The number of aromatic amines is 1. The molecule has 3 aromatic rings. The Morgan fingerprint density at radius 2 is 1.81 bits per heavy atom. The van der Waals surface area contributed by atoms with Crippen molar-refractivity contribution in [3.05, 3.63) is 81.5 Å². The molecule has 0 fully saturated rings. The Bertz CT molecular complexity index is 954. The smallest absolute Gasteiger partial charge is 0.261 e. The van der Waals surface area contributed by atoms with Crippen LogP contribution in [0, 0.1) is 5.41 Å². The van der Waals surface area contributed by atoms with Crippen molar-refractivity contribution in [1.82, 2.24) is 10.3 Å². The largest absolute Gasteiger partial charge is 0.345 e. The van der Waals surface area contributed by atoms with Crippen molar-refractivity contribution in [1.29, 1.82) is 0 Å². The Hall–Kier alpha value is -2.66. The number of benzene rings is 1. The van der Waals surface area contributed by atoms with Gasteiger partial charge in [0.25, 0.3) is 11.5 Å². The fourth-order valence-electron chi connectivity index (χ4n) is 3.01. The second-order valence-electron chi connectivity index (χ2n) is 7.79. The molecule has 0 aliphatic carbocycles. The number of hydrogen-bond donors (Lipinski definition) is 2. The van der Waals surface area contributed by atoms with Gasteiger partial charge >= 0.3 is 0 Å². The number of rotatable bonds is 5. The number of pyridine rings is 1. The summed E-state index contributed by atoms with van der Waals surface area (Å²) in [5.74, 6) is -0.355. The molecule has 0 saturated carbocycles. The van der Waals surface area contributed by atoms with E-state index in [1.54, 1.807) is 23.5 Å². The maximum atomic E-state index is 12.8. The number of amides is 1. The molecule has 2 aromatic heterocycles. The minimum absolute atomic E-state index is 0.0310. The summed E-state index contributed by atoms with van der Waals surface area (Å²) in [6.07, 6.45) is 0.772. The first-order valence-corrected chi connectivity index (χ1v) is 9.84. The maximum absolute atomic E-state index is 12.8. The number of nitrogens with one attached hydrogen (secondary N) is 2. The zero-order valence-electron chi connectivity index (χ0n) is 15.8. The SMILES string of the molecule is CC(C)(C)CC(NC(=O)c1ccc(-c2cccs2)[nH]c1=O)c1ccccc1. The lowest BCUT2D eigenvalue weighted by molar-refractivity contribution is 0.0925. The third-order valence-electron chi connectivity index (χ3n) is 4.26. The van der Waals surface area contributed by atoms with E-state index in [1.807, 2.05) is 47.8 Å². The van der Waals surface area contributed by atoms with Crippen LogP contribution in [-0.4, -0.2) is 10.9 Å². The molecule has 140 valence electrons. The molecule has 4 nitrogen and oxygen atoms in total. The van der Waals surface area contributed by atoms with Gasteiger partial charge in [-0.25, -0.2) is 0 Å². The van der Waals surface area contributed by atoms with Gasteiger partial charge in [0.2, 0.25) is 0 Å². The Morgan fingerprint density at radius 1 is 1.07 bits per heavy atom. The van der Waals surface area contributed by atoms with Gasteiger partial charge in [0.05, 0.1) is 16.6 Å². The van der Waals surface area contributed by atoms with Crippen molar-refractivity contribution in [2.75, 3.05) is 0 Å². The molecular weight excluding hydrogens is 356 g/mol. The summed E-state index contributed by atoms with van der Waals surface area (Å²) >= 11 is 1.54. The quantitative estimate of drug-likeness (QED) is 0.653. The highest BCUT2D eigenvalue weighted by Crippen LogP contribution is 2.29. The number of hydrogen-bond acceptors (Lipinski definition) is 3. The second kappa shape index (κ2) is 7.92. The number of thiophene rings is 1. The van der Waals surface area contributed by atoms with E-state index < -0.39 is 0 Å². The van der Waals surface area contributed by atoms with Crippen molar-refractivity contribution in [2.24, 2.45) is 5.41 Å². The Kier molecular flexibility index (Phi) is 5.61. The van der Waals surface area contributed by atoms with E-state index in [2.05, 4.69) is 31.1 Å². The highest BCUT2D eigenvalue weighted by Gasteiger charge is 2.23. The van der Waals surface area contributed by atoms with Crippen LogP contribution in [0.15, 0.2) is 64.8 Å². The molecule has 2 N–H and O–H groups in total. The van der Waals surface area contributed by atoms with Crippen LogP contribution < -0.4 is 10.9 Å². The molecule has 27 heavy (non-hydrogen) atoms. The maximum Gasteiger partial charge on any atom is 0.261 e. The molecule has 0 aliphatic heterocycles. The third kappa shape index (κ3) is 4.95. The molecule has 0 saturated heterocycles. The summed E-state index contributed by atoms with van der Waals surface area (Å²) < 4.78 is 0. The van der Waals surface area contributed by atoms with Crippen molar-refractivity contribution in [2.45, 2.75) is 33.2 Å². The predicted molar refractivity (Wildman–Crippen MR) is 111 cm³/mol. The van der Waals surface area contributed by atoms with E-state index in [9.17, 15) is 9.59 Å². The van der Waals surface area contributed by atoms with Crippen LogP contribution in [0.25, 0.3) is 10.6 Å². The second-order valence-corrected chi connectivity index (χ2v) is 8.74. The van der Waals surface area contributed by atoms with Crippen LogP contribution in [0.2, 0.25) is 0 Å². The van der Waals surface area contributed by atoms with Crippen molar-refractivity contribution in [3.8, 4) is 10.6 Å². The molecular formula is C22H24N2O2S. The minimum Gasteiger partial charge on any atom is -0.345 e. The molecule has 2 heterocycles. The summed E-state index contributed by atoms with van der Waals surface area (Å²) in [6.45, 7) is 6.41. The molecule has 0 spiro atoms. The summed E-state index contributed by atoms with van der Waals surface area (Å²) in [4.78, 5) is 29.1. The number of aromatic nitrogens is 1. The molecule has 5 heteroatoms. The fourth-order valence-corrected chi connectivity index (χ4v) is 3.72. The Balaban J connectivity index is 1.84. The van der Waals surface area contributed by atoms with Crippen molar-refractivity contribution < 1.29 is 4.79 Å². The average Bonchev–Trinajstić information content (AvgIpc) is 3.15. The molecule has 1 amide bonds. The summed E-state index contributed by atoms with van der Waals surface area (Å²) in [5, 5.41) is 4.99. The van der Waals surface area contributed by atoms with Crippen LogP contribution in [0.4, 0.5) is 0 Å². The van der Waals surface area contributed by atoms with Gasteiger partial charge in [0.15, 0.2) is 0 Å². The standard InChI is InChI=1S/C22H24N2O2S/c1-22(2,3)14-18(15-8-5-4-6-9-15)24-21(26)16-11-12-17(23-20(16)25)19-10-7-13-27-19/h4-13,18H,14H2,1-3H3,(H,23,25)(H,24,26). The van der Waals surface area contributed by atoms with Crippen LogP contribution >= 0.6 is 11.3 Å². The topological polar surface area (TPSA) is 62.0 Å². The molecule has 1 aromatic carbocycles. The highest BCUT2D eigenvalue weighted by molar-refractivity contribution is 7.13. The molecule has 3 rings (SSSR count). The lowest BCUT2D eigenvalue weighted by atomic mass is 9.85. The predicted octanol–water partition coefficient (Wildman–Crippen LogP) is 5.01. The normalized spacial score (nSPS) is 12.6. The molecule has 0 radical (unpaired) electrons. The van der Waals surface area contributed by atoms with Gasteiger partial charge in [0, 0.05) is 0 Å². The van der Waals surface area contributed by atoms with E-state index in [0.717, 1.165) is 22.6 Å². The summed E-state index contributed by atoms with van der Waals surface area (Å²) in [6, 6.07) is 17.0. The van der Waals surface area contributed by atoms with Gasteiger partial charge in [-0.1, -0.05) is 57.2 Å². The molecule has 1 unspecified atom stereocenters. The van der Waals surface area contributed by atoms with E-state index in [-0.39, 0.29) is 28.5 Å². The highest BCUT2D eigenvalue weighted by atomic mass is 32.1. The summed E-state index contributed by atoms with van der Waals surface area (Å²) in [7, 11) is 0. The van der Waals surface area contributed by atoms with Crippen LogP contribution in [0.3, 0.4) is 0 Å². The first kappa shape index (κ1) is 19.1. The number of H-pyrrole nitrogens is 1. The average molecular weight is 381 g/mol. The number of carbonyl (C=O) groups excluding carboxylic acids is 1. The monoisotopic (exact) mass is 380 g/mol. The van der Waals surface area contributed by atoms with Gasteiger partial charge in [-0.3, -0.25) is 9.59 Å². The van der Waals surface area contributed by atoms with Crippen LogP contribution in [-0.2, 0) is 0 Å². The van der Waals surface area contributed by atoms with Crippen LogP contribution in [0.1, 0.15) is 49.2 Å². The lowest BCUT2D eigenvalue weighted by Gasteiger charge is -2.27. The van der Waals surface area contributed by atoms with E-state index in [4.69, 9.17) is 0 Å². The van der Waals surface area contributed by atoms with Gasteiger partial charge in [0.1, 0.15) is 5.56 Å². The zero-order valence-corrected chi connectivity index (χ0v) is 16.6. The van der Waals surface area contributed by atoms with Crippen LogP contribution in [0.5, 0.6) is 0 Å². The van der Waals surface area contributed by atoms with Gasteiger partial charge in [-0.15, -0.1) is 11.3 Å². The van der Waals surface area contributed by atoms with Gasteiger partial charge < -0.3 is 10.3 Å². The fraction of sp³-hybridized carbons (Fsp3) is 0.273. The van der Waals surface area contributed by atoms with Crippen molar-refractivity contribution in [3.63, 3.8) is 0 Å². The van der Waals surface area contributed by atoms with E-state index in [1.165, 1.54) is 0 Å². The molecule has 0 aliphatic rings. The third-order valence-corrected chi connectivity index (χ3v) is 5.17. The van der Waals surface area contributed by atoms with Gasteiger partial charge in [-0.05, 0) is 41.0 Å². The van der Waals surface area contributed by atoms with E-state index >= 15 is 0 Å². The molecule has 0 bridgehead atoms. The lowest BCUT2D eigenvalue weighted by Crippen LogP contribution is -2.34. The molecule has 1 atom stereocenters. The van der Waals surface area contributed by atoms with Crippen molar-refractivity contribution >= 4 is 17.2 Å². The zero-order chi connectivity index (χ0) is 19.4. The minimum atomic E-state index is -0.374. The Morgan fingerprint density at radius 3 is 2.41 bits per heavy atom. The number of carbonyl (C=O) groups is 1. The summed E-state index contributed by atoms with van der Waals surface area (Å²) in [5.41, 5.74) is 1.54. The first-order chi connectivity index (χ1) is 12.8. The van der Waals surface area contributed by atoms with Gasteiger partial charge in [-0.2, -0.15) is 0 Å². The first-order valence-electron chi connectivity index (χ1n) is 8.96. The Labute approximate surface area is 163 Å².